The summed E-state index contributed by atoms with van der Waals surface area (Å²) in [5.74, 6) is -1.48. The van der Waals surface area contributed by atoms with Crippen LogP contribution in [-0.4, -0.2) is 44.0 Å². The molecule has 0 unspecified atom stereocenters. The second-order valence-electron chi connectivity index (χ2n) is 6.34. The number of halogens is 1. The van der Waals surface area contributed by atoms with E-state index in [0.29, 0.717) is 24.4 Å². The maximum atomic E-state index is 12.6. The van der Waals surface area contributed by atoms with Crippen LogP contribution >= 0.6 is 15.9 Å². The van der Waals surface area contributed by atoms with Gasteiger partial charge in [0.1, 0.15) is 18.4 Å². The van der Waals surface area contributed by atoms with E-state index in [1.165, 1.54) is 4.90 Å². The van der Waals surface area contributed by atoms with Crippen LogP contribution in [-0.2, 0) is 20.8 Å². The maximum absolute atomic E-state index is 12.6. The molecule has 3 amide bonds. The van der Waals surface area contributed by atoms with E-state index in [2.05, 4.69) is 26.6 Å². The van der Waals surface area contributed by atoms with Gasteiger partial charge in [0, 0.05) is 18.1 Å². The smallest absolute Gasteiger partial charge is 0.310 e. The molecule has 146 valence electrons. The molecule has 0 fully saturated rings. The van der Waals surface area contributed by atoms with Crippen LogP contribution in [0.1, 0.15) is 5.56 Å². The van der Waals surface area contributed by atoms with Crippen molar-refractivity contribution >= 4 is 39.3 Å². The summed E-state index contributed by atoms with van der Waals surface area (Å²) >= 11 is 3.36. The van der Waals surface area contributed by atoms with Gasteiger partial charge in [-0.15, -0.1) is 0 Å². The van der Waals surface area contributed by atoms with Crippen LogP contribution in [0.4, 0.5) is 5.69 Å². The molecule has 0 saturated carbocycles. The Hall–Kier alpha value is -2.87. The van der Waals surface area contributed by atoms with Crippen molar-refractivity contribution in [2.75, 3.05) is 25.1 Å². The molecule has 8 heteroatoms. The number of carbonyl (C=O) groups excluding carboxylic acids is 3. The van der Waals surface area contributed by atoms with Gasteiger partial charge in [0.25, 0.3) is 5.91 Å². The molecule has 1 aliphatic rings. The van der Waals surface area contributed by atoms with Crippen molar-refractivity contribution in [3.8, 4) is 5.75 Å². The first kappa shape index (κ1) is 19.9. The SMILES string of the molecule is CN1C(=O)[C@@H](NC(=O)C(=O)NCCc2ccccc2)COc2cc(Br)ccc21. The maximum Gasteiger partial charge on any atom is 0.310 e. The Labute approximate surface area is 171 Å². The number of fused-ring (bicyclic) bond motifs is 1. The van der Waals surface area contributed by atoms with Gasteiger partial charge in [-0.3, -0.25) is 14.4 Å². The Bertz CT molecular complexity index is 888. The quantitative estimate of drug-likeness (QED) is 0.700. The molecule has 0 saturated heterocycles. The third-order valence-electron chi connectivity index (χ3n) is 4.37. The third kappa shape index (κ3) is 4.69. The topological polar surface area (TPSA) is 87.7 Å². The normalized spacial score (nSPS) is 15.9. The average molecular weight is 446 g/mol. The minimum Gasteiger partial charge on any atom is -0.489 e. The van der Waals surface area contributed by atoms with Crippen molar-refractivity contribution in [3.05, 3.63) is 58.6 Å². The number of rotatable bonds is 4. The standard InChI is InChI=1S/C20H20BrN3O4/c1-24-16-8-7-14(21)11-17(16)28-12-15(20(24)27)23-19(26)18(25)22-10-9-13-5-3-2-4-6-13/h2-8,11,15H,9-10,12H2,1H3,(H,22,25)(H,23,26)/t15-/m0/s1. The molecule has 7 nitrogen and oxygen atoms in total. The highest BCUT2D eigenvalue weighted by molar-refractivity contribution is 9.10. The predicted molar refractivity (Wildman–Crippen MR) is 108 cm³/mol. The molecule has 0 aromatic heterocycles. The van der Waals surface area contributed by atoms with Gasteiger partial charge in [-0.25, -0.2) is 0 Å². The second kappa shape index (κ2) is 8.88. The van der Waals surface area contributed by atoms with Gasteiger partial charge >= 0.3 is 11.8 Å². The van der Waals surface area contributed by atoms with Gasteiger partial charge in [0.05, 0.1) is 5.69 Å². The molecule has 1 aliphatic heterocycles. The Morgan fingerprint density at radius 1 is 1.18 bits per heavy atom. The van der Waals surface area contributed by atoms with E-state index in [9.17, 15) is 14.4 Å². The van der Waals surface area contributed by atoms with Gasteiger partial charge in [-0.05, 0) is 30.2 Å². The number of hydrogen-bond acceptors (Lipinski definition) is 4. The Morgan fingerprint density at radius 2 is 1.93 bits per heavy atom. The van der Waals surface area contributed by atoms with E-state index in [0.717, 1.165) is 10.0 Å². The van der Waals surface area contributed by atoms with Crippen LogP contribution < -0.4 is 20.3 Å². The number of likely N-dealkylation sites (N-methyl/N-ethyl adjacent to an activating group) is 1. The van der Waals surface area contributed by atoms with Gasteiger partial charge in [0.15, 0.2) is 0 Å². The molecule has 28 heavy (non-hydrogen) atoms. The monoisotopic (exact) mass is 445 g/mol. The van der Waals surface area contributed by atoms with E-state index in [4.69, 9.17) is 4.74 Å². The molecule has 2 N–H and O–H groups in total. The van der Waals surface area contributed by atoms with Crippen LogP contribution in [0.15, 0.2) is 53.0 Å². The first-order chi connectivity index (χ1) is 13.5. The van der Waals surface area contributed by atoms with Crippen molar-refractivity contribution in [2.45, 2.75) is 12.5 Å². The number of nitrogens with zero attached hydrogens (tertiary/aromatic N) is 1. The molecule has 2 aromatic rings. The van der Waals surface area contributed by atoms with E-state index < -0.39 is 17.9 Å². The lowest BCUT2D eigenvalue weighted by molar-refractivity contribution is -0.140. The molecule has 0 aliphatic carbocycles. The fourth-order valence-electron chi connectivity index (χ4n) is 2.85. The minimum absolute atomic E-state index is 0.0599. The summed E-state index contributed by atoms with van der Waals surface area (Å²) in [7, 11) is 1.60. The Kier molecular flexibility index (Phi) is 6.30. The predicted octanol–water partition coefficient (Wildman–Crippen LogP) is 1.65. The molecule has 1 atom stereocenters. The van der Waals surface area contributed by atoms with E-state index in [1.54, 1.807) is 25.2 Å². The molecule has 0 radical (unpaired) electrons. The Balaban J connectivity index is 1.56. The summed E-state index contributed by atoms with van der Waals surface area (Å²) in [6.07, 6.45) is 0.609. The van der Waals surface area contributed by atoms with Crippen LogP contribution in [0.2, 0.25) is 0 Å². The summed E-state index contributed by atoms with van der Waals surface area (Å²) in [4.78, 5) is 38.3. The Morgan fingerprint density at radius 3 is 2.68 bits per heavy atom. The summed E-state index contributed by atoms with van der Waals surface area (Å²) < 4.78 is 6.48. The number of hydrogen-bond donors (Lipinski definition) is 2. The molecule has 0 spiro atoms. The minimum atomic E-state index is -0.955. The van der Waals surface area contributed by atoms with E-state index in [-0.39, 0.29) is 12.5 Å². The van der Waals surface area contributed by atoms with Crippen molar-refractivity contribution < 1.29 is 19.1 Å². The van der Waals surface area contributed by atoms with Crippen LogP contribution in [0.25, 0.3) is 0 Å². The number of nitrogens with one attached hydrogen (secondary N) is 2. The van der Waals surface area contributed by atoms with Crippen molar-refractivity contribution in [2.24, 2.45) is 0 Å². The first-order valence-corrected chi connectivity index (χ1v) is 9.57. The molecular weight excluding hydrogens is 426 g/mol. The highest BCUT2D eigenvalue weighted by Gasteiger charge is 2.31. The second-order valence-corrected chi connectivity index (χ2v) is 7.25. The molecular formula is C20H20BrN3O4. The highest BCUT2D eigenvalue weighted by atomic mass is 79.9. The largest absolute Gasteiger partial charge is 0.489 e. The lowest BCUT2D eigenvalue weighted by atomic mass is 10.1. The first-order valence-electron chi connectivity index (χ1n) is 8.78. The summed E-state index contributed by atoms with van der Waals surface area (Å²) in [6, 6.07) is 14.0. The third-order valence-corrected chi connectivity index (χ3v) is 4.86. The fourth-order valence-corrected chi connectivity index (χ4v) is 3.19. The lowest BCUT2D eigenvalue weighted by Crippen LogP contribution is -2.53. The number of carbonyl (C=O) groups is 3. The zero-order chi connectivity index (χ0) is 20.1. The molecule has 1 heterocycles. The summed E-state index contributed by atoms with van der Waals surface area (Å²) in [5.41, 5.74) is 1.65. The lowest BCUT2D eigenvalue weighted by Gasteiger charge is -2.20. The van der Waals surface area contributed by atoms with Gasteiger partial charge < -0.3 is 20.3 Å². The van der Waals surface area contributed by atoms with Gasteiger partial charge in [-0.2, -0.15) is 0 Å². The van der Waals surface area contributed by atoms with E-state index >= 15 is 0 Å². The molecule has 0 bridgehead atoms. The zero-order valence-electron chi connectivity index (χ0n) is 15.3. The average Bonchev–Trinajstić information content (AvgIpc) is 2.80. The molecule has 2 aromatic carbocycles. The van der Waals surface area contributed by atoms with Gasteiger partial charge in [-0.1, -0.05) is 46.3 Å². The van der Waals surface area contributed by atoms with Crippen molar-refractivity contribution in [1.82, 2.24) is 10.6 Å². The highest BCUT2D eigenvalue weighted by Crippen LogP contribution is 2.33. The number of ether oxygens (including phenoxy) is 1. The number of benzene rings is 2. The summed E-state index contributed by atoms with van der Waals surface area (Å²) in [6.45, 7) is 0.264. The number of anilines is 1. The summed E-state index contributed by atoms with van der Waals surface area (Å²) in [5, 5.41) is 5.02. The van der Waals surface area contributed by atoms with Crippen molar-refractivity contribution in [3.63, 3.8) is 0 Å². The fraction of sp³-hybridized carbons (Fsp3) is 0.250. The van der Waals surface area contributed by atoms with E-state index in [1.807, 2.05) is 30.3 Å². The van der Waals surface area contributed by atoms with Crippen LogP contribution in [0.3, 0.4) is 0 Å². The molecule has 3 rings (SSSR count). The zero-order valence-corrected chi connectivity index (χ0v) is 16.9. The van der Waals surface area contributed by atoms with Gasteiger partial charge in [0.2, 0.25) is 0 Å². The van der Waals surface area contributed by atoms with Crippen molar-refractivity contribution in [1.29, 1.82) is 0 Å². The van der Waals surface area contributed by atoms with Crippen LogP contribution in [0, 0.1) is 0 Å². The number of amides is 3. The van der Waals surface area contributed by atoms with Crippen LogP contribution in [0.5, 0.6) is 5.75 Å².